The first-order valence-electron chi connectivity index (χ1n) is 8.85. The van der Waals surface area contributed by atoms with Crippen LogP contribution in [0.1, 0.15) is 11.3 Å². The minimum Gasteiger partial charge on any atom is -0.471 e. The molecule has 30 heavy (non-hydrogen) atoms. The normalized spacial score (nSPS) is 11.6. The van der Waals surface area contributed by atoms with Crippen molar-refractivity contribution in [3.8, 4) is 28.7 Å². The van der Waals surface area contributed by atoms with Gasteiger partial charge in [0, 0.05) is 24.9 Å². The van der Waals surface area contributed by atoms with Crippen molar-refractivity contribution >= 4 is 10.0 Å². The second kappa shape index (κ2) is 7.69. The van der Waals surface area contributed by atoms with Gasteiger partial charge in [0.2, 0.25) is 21.7 Å². The molecule has 2 N–H and O–H groups in total. The summed E-state index contributed by atoms with van der Waals surface area (Å²) in [5.41, 5.74) is 2.81. The maximum atomic E-state index is 11.6. The number of rotatable bonds is 6. The molecule has 0 saturated carbocycles. The molecule has 10 nitrogen and oxygen atoms in total. The Morgan fingerprint density at radius 1 is 1.23 bits per heavy atom. The number of aryl methyl sites for hydroxylation is 2. The number of sulfonamides is 1. The average Bonchev–Trinajstić information content (AvgIpc) is 3.33. The third-order valence-electron chi connectivity index (χ3n) is 4.39. The first-order chi connectivity index (χ1) is 14.3. The van der Waals surface area contributed by atoms with Crippen molar-refractivity contribution in [2.45, 2.75) is 18.4 Å². The minimum absolute atomic E-state index is 0.0347. The molecule has 0 fully saturated rings. The predicted octanol–water partition coefficient (Wildman–Crippen LogP) is 2.07. The molecule has 3 aromatic heterocycles. The number of nitrogens with zero attached hydrogens (tertiary/aromatic N) is 5. The minimum atomic E-state index is -3.84. The number of primary sulfonamides is 1. The van der Waals surface area contributed by atoms with Crippen LogP contribution in [0.15, 0.2) is 58.2 Å². The molecule has 0 aliphatic heterocycles. The summed E-state index contributed by atoms with van der Waals surface area (Å²) >= 11 is 0. The second-order valence-electron chi connectivity index (χ2n) is 6.58. The van der Waals surface area contributed by atoms with Gasteiger partial charge in [-0.2, -0.15) is 10.1 Å². The van der Waals surface area contributed by atoms with Crippen LogP contribution in [0.2, 0.25) is 0 Å². The van der Waals surface area contributed by atoms with Crippen LogP contribution in [0.25, 0.3) is 22.8 Å². The van der Waals surface area contributed by atoms with E-state index in [1.807, 2.05) is 19.1 Å². The van der Waals surface area contributed by atoms with E-state index in [0.717, 1.165) is 5.56 Å². The zero-order chi connectivity index (χ0) is 21.3. The molecule has 3 heterocycles. The van der Waals surface area contributed by atoms with Gasteiger partial charge in [-0.05, 0) is 30.7 Å². The van der Waals surface area contributed by atoms with Crippen molar-refractivity contribution in [3.05, 3.63) is 60.0 Å². The summed E-state index contributed by atoms with van der Waals surface area (Å²) in [5, 5.41) is 13.4. The van der Waals surface area contributed by atoms with E-state index in [2.05, 4.69) is 20.2 Å². The van der Waals surface area contributed by atoms with Crippen molar-refractivity contribution in [2.75, 3.05) is 0 Å². The van der Waals surface area contributed by atoms with Gasteiger partial charge in [0.05, 0.1) is 22.3 Å². The highest BCUT2D eigenvalue weighted by Crippen LogP contribution is 2.26. The molecular weight excluding hydrogens is 408 g/mol. The second-order valence-corrected chi connectivity index (χ2v) is 8.15. The number of hydrogen-bond acceptors (Lipinski definition) is 8. The maximum Gasteiger partial charge on any atom is 0.261 e. The smallest absolute Gasteiger partial charge is 0.261 e. The van der Waals surface area contributed by atoms with Crippen LogP contribution in [0.5, 0.6) is 5.88 Å². The molecule has 0 radical (unpaired) electrons. The lowest BCUT2D eigenvalue weighted by Gasteiger charge is -2.07. The molecule has 0 atom stereocenters. The average molecular weight is 426 g/mol. The highest BCUT2D eigenvalue weighted by atomic mass is 32.2. The van der Waals surface area contributed by atoms with E-state index in [-0.39, 0.29) is 23.2 Å². The molecule has 0 spiro atoms. The Hall–Kier alpha value is -3.57. The number of hydrogen-bond donors (Lipinski definition) is 1. The standard InChI is InChI=1S/C19H18N6O4S/c1-12-6-7-21-17(8-12)28-11-16-15(10-22-25(16)2)19-23-18(24-29-19)13-4-3-5-14(9-13)30(20,26)27/h3-10H,11H2,1-2H3,(H2,20,26,27). The van der Waals surface area contributed by atoms with E-state index in [0.29, 0.717) is 22.7 Å². The Bertz CT molecular complexity index is 1310. The molecule has 154 valence electrons. The van der Waals surface area contributed by atoms with Gasteiger partial charge in [0.15, 0.2) is 0 Å². The first-order valence-corrected chi connectivity index (χ1v) is 10.4. The van der Waals surface area contributed by atoms with E-state index in [9.17, 15) is 8.42 Å². The van der Waals surface area contributed by atoms with E-state index in [1.165, 1.54) is 12.1 Å². The molecule has 4 aromatic rings. The van der Waals surface area contributed by atoms with Crippen LogP contribution in [0.4, 0.5) is 0 Å². The summed E-state index contributed by atoms with van der Waals surface area (Å²) in [5.74, 6) is 0.953. The third-order valence-corrected chi connectivity index (χ3v) is 5.30. The van der Waals surface area contributed by atoms with Crippen molar-refractivity contribution < 1.29 is 17.7 Å². The van der Waals surface area contributed by atoms with E-state index in [1.54, 1.807) is 36.3 Å². The highest BCUT2D eigenvalue weighted by molar-refractivity contribution is 7.89. The van der Waals surface area contributed by atoms with E-state index < -0.39 is 10.0 Å². The molecule has 0 unspecified atom stereocenters. The zero-order valence-corrected chi connectivity index (χ0v) is 17.0. The number of nitrogens with two attached hydrogens (primary N) is 1. The quantitative estimate of drug-likeness (QED) is 0.494. The molecule has 0 aliphatic carbocycles. The van der Waals surface area contributed by atoms with Crippen LogP contribution < -0.4 is 9.88 Å². The fourth-order valence-corrected chi connectivity index (χ4v) is 3.36. The first kappa shape index (κ1) is 19.7. The summed E-state index contributed by atoms with van der Waals surface area (Å²) in [4.78, 5) is 8.52. The molecule has 1 aromatic carbocycles. The Kier molecular flexibility index (Phi) is 5.06. The molecule has 0 amide bonds. The lowest BCUT2D eigenvalue weighted by molar-refractivity contribution is 0.283. The van der Waals surface area contributed by atoms with Crippen molar-refractivity contribution in [1.82, 2.24) is 24.9 Å². The summed E-state index contributed by atoms with van der Waals surface area (Å²) in [6, 6.07) is 9.73. The summed E-state index contributed by atoms with van der Waals surface area (Å²) in [7, 11) is -2.06. The summed E-state index contributed by atoms with van der Waals surface area (Å²) < 4.78 is 36.0. The Morgan fingerprint density at radius 3 is 2.83 bits per heavy atom. The molecule has 4 rings (SSSR count). The van der Waals surface area contributed by atoms with Gasteiger partial charge in [0.25, 0.3) is 5.89 Å². The summed E-state index contributed by atoms with van der Waals surface area (Å²) in [6.45, 7) is 2.15. The van der Waals surface area contributed by atoms with Crippen LogP contribution in [-0.4, -0.2) is 33.3 Å². The Balaban J connectivity index is 1.62. The fourth-order valence-electron chi connectivity index (χ4n) is 2.80. The fraction of sp³-hybridized carbons (Fsp3) is 0.158. The monoisotopic (exact) mass is 426 g/mol. The zero-order valence-electron chi connectivity index (χ0n) is 16.2. The Labute approximate surface area is 172 Å². The molecule has 11 heteroatoms. The van der Waals surface area contributed by atoms with Gasteiger partial charge in [-0.1, -0.05) is 17.3 Å². The molecular formula is C19H18N6O4S. The number of aromatic nitrogens is 5. The largest absolute Gasteiger partial charge is 0.471 e. The van der Waals surface area contributed by atoms with E-state index >= 15 is 0 Å². The molecule has 0 saturated heterocycles. The topological polar surface area (TPSA) is 139 Å². The van der Waals surface area contributed by atoms with Gasteiger partial charge in [0.1, 0.15) is 6.61 Å². The number of benzene rings is 1. The van der Waals surface area contributed by atoms with Gasteiger partial charge < -0.3 is 9.26 Å². The van der Waals surface area contributed by atoms with Crippen LogP contribution >= 0.6 is 0 Å². The number of pyridine rings is 1. The van der Waals surface area contributed by atoms with Gasteiger partial charge >= 0.3 is 0 Å². The van der Waals surface area contributed by atoms with Crippen molar-refractivity contribution in [3.63, 3.8) is 0 Å². The third kappa shape index (κ3) is 4.07. The molecule has 0 aliphatic rings. The maximum absolute atomic E-state index is 11.6. The highest BCUT2D eigenvalue weighted by Gasteiger charge is 2.19. The van der Waals surface area contributed by atoms with Gasteiger partial charge in [-0.25, -0.2) is 18.5 Å². The van der Waals surface area contributed by atoms with Gasteiger partial charge in [-0.15, -0.1) is 0 Å². The van der Waals surface area contributed by atoms with Crippen LogP contribution in [0.3, 0.4) is 0 Å². The van der Waals surface area contributed by atoms with Gasteiger partial charge in [-0.3, -0.25) is 4.68 Å². The SMILES string of the molecule is Cc1ccnc(OCc2c(-c3nc(-c4cccc(S(N)(=O)=O)c4)no3)cnn2C)c1. The molecule has 0 bridgehead atoms. The predicted molar refractivity (Wildman–Crippen MR) is 107 cm³/mol. The lowest BCUT2D eigenvalue weighted by Crippen LogP contribution is -2.11. The Morgan fingerprint density at radius 2 is 2.07 bits per heavy atom. The van der Waals surface area contributed by atoms with Crippen molar-refractivity contribution in [1.29, 1.82) is 0 Å². The van der Waals surface area contributed by atoms with E-state index in [4.69, 9.17) is 14.4 Å². The summed E-state index contributed by atoms with van der Waals surface area (Å²) in [6.07, 6.45) is 3.27. The van der Waals surface area contributed by atoms with Crippen LogP contribution in [-0.2, 0) is 23.7 Å². The van der Waals surface area contributed by atoms with Crippen molar-refractivity contribution in [2.24, 2.45) is 12.2 Å². The number of ether oxygens (including phenoxy) is 1. The van der Waals surface area contributed by atoms with Crippen LogP contribution in [0, 0.1) is 6.92 Å². The lowest BCUT2D eigenvalue weighted by atomic mass is 10.2.